The Balaban J connectivity index is 2.25. The highest BCUT2D eigenvalue weighted by molar-refractivity contribution is 5.96. The molecule has 1 N–H and O–H groups in total. The van der Waals surface area contributed by atoms with Crippen molar-refractivity contribution in [1.82, 2.24) is 9.47 Å². The zero-order valence-electron chi connectivity index (χ0n) is 10.7. The predicted molar refractivity (Wildman–Crippen MR) is 66.1 cm³/mol. The lowest BCUT2D eigenvalue weighted by Crippen LogP contribution is -2.29. The number of aryl methyl sites for hydroxylation is 1. The molecular weight excluding hydrogens is 216 g/mol. The van der Waals surface area contributed by atoms with Gasteiger partial charge in [-0.15, -0.1) is 0 Å². The van der Waals surface area contributed by atoms with Crippen molar-refractivity contribution >= 4 is 5.91 Å². The van der Waals surface area contributed by atoms with Crippen LogP contribution < -0.4 is 0 Å². The van der Waals surface area contributed by atoms with E-state index in [-0.39, 0.29) is 12.0 Å². The van der Waals surface area contributed by atoms with Crippen LogP contribution in [-0.2, 0) is 6.54 Å². The molecule has 1 saturated heterocycles. The molecule has 4 nitrogen and oxygen atoms in total. The molecule has 0 aliphatic carbocycles. The van der Waals surface area contributed by atoms with Crippen LogP contribution in [0, 0.1) is 13.8 Å². The van der Waals surface area contributed by atoms with Gasteiger partial charge in [0.15, 0.2) is 0 Å². The molecule has 1 aliphatic heterocycles. The normalized spacial score (nSPS) is 20.0. The fourth-order valence-corrected chi connectivity index (χ4v) is 2.60. The van der Waals surface area contributed by atoms with Crippen LogP contribution in [0.3, 0.4) is 0 Å². The van der Waals surface area contributed by atoms with E-state index in [1.54, 1.807) is 4.90 Å². The standard InChI is InChI=1S/C13H20N2O2/c1-4-15-9(2)7-12(10(15)3)13(17)14-6-5-11(16)8-14/h7,11,16H,4-6,8H2,1-3H3/t11-/m1/s1. The van der Waals surface area contributed by atoms with Crippen LogP contribution in [0.15, 0.2) is 6.07 Å². The van der Waals surface area contributed by atoms with E-state index in [0.29, 0.717) is 19.5 Å². The molecule has 1 aliphatic rings. The molecule has 17 heavy (non-hydrogen) atoms. The summed E-state index contributed by atoms with van der Waals surface area (Å²) in [5.41, 5.74) is 2.92. The number of β-amino-alcohol motifs (C(OH)–C–C–N with tert-alkyl or cyclic N) is 1. The van der Waals surface area contributed by atoms with Crippen molar-refractivity contribution in [1.29, 1.82) is 0 Å². The van der Waals surface area contributed by atoms with Crippen LogP contribution in [0.2, 0.25) is 0 Å². The van der Waals surface area contributed by atoms with E-state index in [0.717, 1.165) is 23.5 Å². The van der Waals surface area contributed by atoms with Gasteiger partial charge in [0.25, 0.3) is 5.91 Å². The summed E-state index contributed by atoms with van der Waals surface area (Å²) in [7, 11) is 0. The lowest BCUT2D eigenvalue weighted by atomic mass is 10.2. The smallest absolute Gasteiger partial charge is 0.255 e. The second-order valence-corrected chi connectivity index (χ2v) is 4.72. The number of aliphatic hydroxyl groups is 1. The van der Waals surface area contributed by atoms with Crippen molar-refractivity contribution in [2.75, 3.05) is 13.1 Å². The SMILES string of the molecule is CCn1c(C)cc(C(=O)N2CC[C@@H](O)C2)c1C. The molecule has 4 heteroatoms. The number of rotatable bonds is 2. The predicted octanol–water partition coefficient (Wildman–Crippen LogP) is 1.33. The molecule has 0 unspecified atom stereocenters. The Morgan fingerprint density at radius 1 is 1.53 bits per heavy atom. The molecular formula is C13H20N2O2. The van der Waals surface area contributed by atoms with Gasteiger partial charge in [-0.25, -0.2) is 0 Å². The number of nitrogens with zero attached hydrogens (tertiary/aromatic N) is 2. The van der Waals surface area contributed by atoms with E-state index in [9.17, 15) is 9.90 Å². The molecule has 0 radical (unpaired) electrons. The van der Waals surface area contributed by atoms with Crippen LogP contribution in [0.1, 0.15) is 35.1 Å². The summed E-state index contributed by atoms with van der Waals surface area (Å²) < 4.78 is 2.14. The first-order valence-corrected chi connectivity index (χ1v) is 6.18. The molecule has 0 spiro atoms. The van der Waals surface area contributed by atoms with E-state index in [2.05, 4.69) is 11.5 Å². The second kappa shape index (κ2) is 4.53. The van der Waals surface area contributed by atoms with Crippen LogP contribution in [0.5, 0.6) is 0 Å². The van der Waals surface area contributed by atoms with E-state index in [1.807, 2.05) is 19.9 Å². The highest BCUT2D eigenvalue weighted by Gasteiger charge is 2.27. The molecule has 2 rings (SSSR count). The van der Waals surface area contributed by atoms with Gasteiger partial charge in [-0.05, 0) is 33.3 Å². The summed E-state index contributed by atoms with van der Waals surface area (Å²) in [6.45, 7) is 8.09. The summed E-state index contributed by atoms with van der Waals surface area (Å²) in [5, 5.41) is 9.47. The van der Waals surface area contributed by atoms with Gasteiger partial charge >= 0.3 is 0 Å². The Labute approximate surface area is 102 Å². The second-order valence-electron chi connectivity index (χ2n) is 4.72. The van der Waals surface area contributed by atoms with Gasteiger partial charge in [0.05, 0.1) is 11.7 Å². The molecule has 94 valence electrons. The largest absolute Gasteiger partial charge is 0.391 e. The molecule has 0 bridgehead atoms. The van der Waals surface area contributed by atoms with Gasteiger partial charge in [0.2, 0.25) is 0 Å². The third kappa shape index (κ3) is 2.09. The summed E-state index contributed by atoms with van der Waals surface area (Å²) in [6, 6.07) is 1.95. The van der Waals surface area contributed by atoms with E-state index in [4.69, 9.17) is 0 Å². The minimum Gasteiger partial charge on any atom is -0.391 e. The van der Waals surface area contributed by atoms with Gasteiger partial charge in [-0.1, -0.05) is 0 Å². The first-order valence-electron chi connectivity index (χ1n) is 6.18. The van der Waals surface area contributed by atoms with E-state index >= 15 is 0 Å². The summed E-state index contributed by atoms with van der Waals surface area (Å²) in [6.07, 6.45) is 0.340. The molecule has 0 aromatic carbocycles. The zero-order chi connectivity index (χ0) is 12.6. The molecule has 1 atom stereocenters. The molecule has 1 fully saturated rings. The average Bonchev–Trinajstić information content (AvgIpc) is 2.83. The summed E-state index contributed by atoms with van der Waals surface area (Å²) in [5.74, 6) is 0.0503. The van der Waals surface area contributed by atoms with Crippen LogP contribution in [0.4, 0.5) is 0 Å². The average molecular weight is 236 g/mol. The van der Waals surface area contributed by atoms with Crippen molar-refractivity contribution < 1.29 is 9.90 Å². The van der Waals surface area contributed by atoms with Crippen LogP contribution >= 0.6 is 0 Å². The highest BCUT2D eigenvalue weighted by atomic mass is 16.3. The Morgan fingerprint density at radius 3 is 2.71 bits per heavy atom. The number of amides is 1. The number of carbonyl (C=O) groups excluding carboxylic acids is 1. The number of carbonyl (C=O) groups is 1. The number of aromatic nitrogens is 1. The maximum atomic E-state index is 12.3. The molecule has 1 amide bonds. The quantitative estimate of drug-likeness (QED) is 0.842. The Morgan fingerprint density at radius 2 is 2.24 bits per heavy atom. The number of hydrogen-bond donors (Lipinski definition) is 1. The van der Waals surface area contributed by atoms with E-state index < -0.39 is 0 Å². The fraction of sp³-hybridized carbons (Fsp3) is 0.615. The molecule has 1 aromatic heterocycles. The van der Waals surface area contributed by atoms with Gasteiger partial charge in [-0.3, -0.25) is 4.79 Å². The number of aliphatic hydroxyl groups excluding tert-OH is 1. The molecule has 0 saturated carbocycles. The minimum atomic E-state index is -0.353. The van der Waals surface area contributed by atoms with Crippen molar-refractivity contribution in [2.45, 2.75) is 39.8 Å². The van der Waals surface area contributed by atoms with Gasteiger partial charge in [0.1, 0.15) is 0 Å². The Bertz CT molecular complexity index is 437. The van der Waals surface area contributed by atoms with Crippen LogP contribution in [0.25, 0.3) is 0 Å². The van der Waals surface area contributed by atoms with Crippen molar-refractivity contribution in [3.8, 4) is 0 Å². The maximum Gasteiger partial charge on any atom is 0.255 e. The van der Waals surface area contributed by atoms with Crippen molar-refractivity contribution in [3.63, 3.8) is 0 Å². The van der Waals surface area contributed by atoms with Crippen molar-refractivity contribution in [2.24, 2.45) is 0 Å². The summed E-state index contributed by atoms with van der Waals surface area (Å²) in [4.78, 5) is 14.0. The Kier molecular flexibility index (Phi) is 3.24. The number of likely N-dealkylation sites (tertiary alicyclic amines) is 1. The molecule has 2 heterocycles. The number of hydrogen-bond acceptors (Lipinski definition) is 2. The van der Waals surface area contributed by atoms with Gasteiger partial charge in [-0.2, -0.15) is 0 Å². The van der Waals surface area contributed by atoms with E-state index in [1.165, 1.54) is 0 Å². The Hall–Kier alpha value is -1.29. The third-order valence-electron chi connectivity index (χ3n) is 3.57. The molecule has 1 aromatic rings. The monoisotopic (exact) mass is 236 g/mol. The topological polar surface area (TPSA) is 45.5 Å². The third-order valence-corrected chi connectivity index (χ3v) is 3.57. The first kappa shape index (κ1) is 12.2. The highest BCUT2D eigenvalue weighted by Crippen LogP contribution is 2.19. The lowest BCUT2D eigenvalue weighted by molar-refractivity contribution is 0.0764. The van der Waals surface area contributed by atoms with Crippen molar-refractivity contribution in [3.05, 3.63) is 23.0 Å². The first-order chi connectivity index (χ1) is 8.04. The maximum absolute atomic E-state index is 12.3. The zero-order valence-corrected chi connectivity index (χ0v) is 10.7. The fourth-order valence-electron chi connectivity index (χ4n) is 2.60. The van der Waals surface area contributed by atoms with Gasteiger partial charge in [0, 0.05) is 31.0 Å². The van der Waals surface area contributed by atoms with Gasteiger partial charge < -0.3 is 14.6 Å². The minimum absolute atomic E-state index is 0.0503. The summed E-state index contributed by atoms with van der Waals surface area (Å²) >= 11 is 0. The lowest BCUT2D eigenvalue weighted by Gasteiger charge is -2.15. The van der Waals surface area contributed by atoms with Crippen LogP contribution in [-0.4, -0.2) is 39.7 Å².